The number of nitrogens with zero attached hydrogens (tertiary/aromatic N) is 1. The number of thioether (sulfide) groups is 1. The molecule has 2 aromatic heterocycles. The molecular weight excluding hydrogens is 378 g/mol. The van der Waals surface area contributed by atoms with Crippen molar-refractivity contribution in [2.75, 3.05) is 12.4 Å². The van der Waals surface area contributed by atoms with Gasteiger partial charge in [0.25, 0.3) is 0 Å². The molecule has 0 radical (unpaired) electrons. The van der Waals surface area contributed by atoms with Crippen LogP contribution in [0.3, 0.4) is 0 Å². The van der Waals surface area contributed by atoms with Gasteiger partial charge in [0.15, 0.2) is 5.78 Å². The molecule has 2 rings (SSSR count). The Bertz CT molecular complexity index is 908. The van der Waals surface area contributed by atoms with Gasteiger partial charge in [-0.3, -0.25) is 9.59 Å². The van der Waals surface area contributed by atoms with E-state index < -0.39 is 17.5 Å². The van der Waals surface area contributed by atoms with Gasteiger partial charge in [0.1, 0.15) is 17.7 Å². The maximum atomic E-state index is 13.0. The summed E-state index contributed by atoms with van der Waals surface area (Å²) in [6.07, 6.45) is 1.37. The highest BCUT2D eigenvalue weighted by Crippen LogP contribution is 2.35. The summed E-state index contributed by atoms with van der Waals surface area (Å²) >= 11 is 1.39. The lowest BCUT2D eigenvalue weighted by Gasteiger charge is -2.19. The second-order valence-electron chi connectivity index (χ2n) is 7.35. The Labute approximate surface area is 169 Å². The van der Waals surface area contributed by atoms with E-state index in [1.54, 1.807) is 38.3 Å². The van der Waals surface area contributed by atoms with Crippen LogP contribution in [-0.2, 0) is 14.3 Å². The van der Waals surface area contributed by atoms with Gasteiger partial charge in [-0.2, -0.15) is 0 Å². The zero-order chi connectivity index (χ0) is 21.1. The van der Waals surface area contributed by atoms with Gasteiger partial charge in [-0.05, 0) is 58.1 Å². The molecular formula is C21H27NO5S. The van der Waals surface area contributed by atoms with Crippen LogP contribution in [0.2, 0.25) is 0 Å². The largest absolute Gasteiger partial charge is 0.466 e. The molecule has 0 aromatic carbocycles. The summed E-state index contributed by atoms with van der Waals surface area (Å²) in [4.78, 5) is 38.4. The normalized spacial score (nSPS) is 11.5. The maximum absolute atomic E-state index is 13.0. The lowest BCUT2D eigenvalue weighted by atomic mass is 10.1. The van der Waals surface area contributed by atoms with Crippen molar-refractivity contribution in [1.29, 1.82) is 0 Å². The minimum absolute atomic E-state index is 0.208. The van der Waals surface area contributed by atoms with Gasteiger partial charge in [0.2, 0.25) is 0 Å². The second kappa shape index (κ2) is 8.82. The number of ketones is 1. The third kappa shape index (κ3) is 4.95. The first-order valence-electron chi connectivity index (χ1n) is 9.28. The predicted molar refractivity (Wildman–Crippen MR) is 109 cm³/mol. The molecule has 0 saturated carbocycles. The number of esters is 2. The highest BCUT2D eigenvalue weighted by Gasteiger charge is 2.31. The number of ether oxygens (including phenoxy) is 2. The zero-order valence-corrected chi connectivity index (χ0v) is 18.1. The van der Waals surface area contributed by atoms with Crippen molar-refractivity contribution in [3.8, 4) is 0 Å². The van der Waals surface area contributed by atoms with E-state index in [-0.39, 0.29) is 18.8 Å². The van der Waals surface area contributed by atoms with E-state index in [1.165, 1.54) is 11.8 Å². The van der Waals surface area contributed by atoms with Crippen LogP contribution in [0.5, 0.6) is 0 Å². The molecule has 0 N–H and O–H groups in total. The highest BCUT2D eigenvalue weighted by molar-refractivity contribution is 7.99. The quantitative estimate of drug-likeness (QED) is 0.293. The average molecular weight is 406 g/mol. The number of fused-ring (bicyclic) bond motifs is 1. The van der Waals surface area contributed by atoms with E-state index in [0.29, 0.717) is 27.4 Å². The average Bonchev–Trinajstić information content (AvgIpc) is 2.86. The van der Waals surface area contributed by atoms with Gasteiger partial charge in [0, 0.05) is 6.20 Å². The number of aromatic nitrogens is 1. The van der Waals surface area contributed by atoms with E-state index in [9.17, 15) is 14.4 Å². The smallest absolute Gasteiger partial charge is 0.342 e. The number of rotatable bonds is 7. The van der Waals surface area contributed by atoms with E-state index in [1.807, 2.05) is 26.0 Å². The lowest BCUT2D eigenvalue weighted by Crippen LogP contribution is -2.24. The maximum Gasteiger partial charge on any atom is 0.342 e. The van der Waals surface area contributed by atoms with Gasteiger partial charge in [-0.1, -0.05) is 6.92 Å². The molecule has 2 aromatic rings. The first kappa shape index (κ1) is 22.0. The number of pyridine rings is 1. The van der Waals surface area contributed by atoms with Crippen molar-refractivity contribution >= 4 is 35.0 Å². The van der Waals surface area contributed by atoms with Gasteiger partial charge < -0.3 is 13.9 Å². The van der Waals surface area contributed by atoms with E-state index in [2.05, 4.69) is 0 Å². The van der Waals surface area contributed by atoms with Crippen LogP contribution >= 0.6 is 11.8 Å². The molecule has 0 fully saturated rings. The van der Waals surface area contributed by atoms with Crippen molar-refractivity contribution in [2.24, 2.45) is 0 Å². The molecule has 2 heterocycles. The summed E-state index contributed by atoms with van der Waals surface area (Å²) in [5.41, 5.74) is 1.55. The zero-order valence-electron chi connectivity index (χ0n) is 17.3. The third-order valence-electron chi connectivity index (χ3n) is 3.82. The number of Topliss-reactive ketones (excluding diaryl/α,β-unsaturated/α-hetero) is 1. The Kier molecular flexibility index (Phi) is 6.93. The third-order valence-corrected chi connectivity index (χ3v) is 4.79. The summed E-state index contributed by atoms with van der Waals surface area (Å²) in [7, 11) is 0. The molecule has 0 unspecified atom stereocenters. The monoisotopic (exact) mass is 405 g/mol. The molecule has 0 aliphatic heterocycles. The van der Waals surface area contributed by atoms with Gasteiger partial charge >= 0.3 is 11.9 Å². The van der Waals surface area contributed by atoms with E-state index >= 15 is 0 Å². The minimum Gasteiger partial charge on any atom is -0.466 e. The summed E-state index contributed by atoms with van der Waals surface area (Å²) < 4.78 is 12.2. The number of hydrogen-bond acceptors (Lipinski definition) is 6. The van der Waals surface area contributed by atoms with Crippen LogP contribution in [0.4, 0.5) is 0 Å². The Morgan fingerprint density at radius 1 is 1.18 bits per heavy atom. The van der Waals surface area contributed by atoms with Crippen LogP contribution in [0.15, 0.2) is 23.2 Å². The van der Waals surface area contributed by atoms with Crippen LogP contribution in [-0.4, -0.2) is 40.1 Å². The fourth-order valence-corrected chi connectivity index (χ4v) is 3.81. The number of carbonyl (C=O) groups excluding carboxylic acids is 3. The van der Waals surface area contributed by atoms with Crippen LogP contribution in [0, 0.1) is 6.92 Å². The van der Waals surface area contributed by atoms with Crippen molar-refractivity contribution in [1.82, 2.24) is 4.40 Å². The Hall–Kier alpha value is -2.28. The first-order valence-corrected chi connectivity index (χ1v) is 10.3. The molecule has 0 aliphatic carbocycles. The molecule has 0 saturated heterocycles. The predicted octanol–water partition coefficient (Wildman–Crippen LogP) is 4.45. The summed E-state index contributed by atoms with van der Waals surface area (Å²) in [5, 5.41) is 0. The van der Waals surface area contributed by atoms with Crippen molar-refractivity contribution < 1.29 is 23.9 Å². The van der Waals surface area contributed by atoms with Gasteiger partial charge in [-0.15, -0.1) is 11.8 Å². The van der Waals surface area contributed by atoms with Gasteiger partial charge in [0.05, 0.1) is 22.6 Å². The molecule has 6 nitrogen and oxygen atoms in total. The molecule has 0 bridgehead atoms. The van der Waals surface area contributed by atoms with Crippen LogP contribution in [0.1, 0.15) is 67.4 Å². The van der Waals surface area contributed by atoms with Crippen LogP contribution < -0.4 is 0 Å². The number of carbonyl (C=O) groups is 3. The van der Waals surface area contributed by atoms with E-state index in [4.69, 9.17) is 9.47 Å². The topological polar surface area (TPSA) is 74.1 Å². The van der Waals surface area contributed by atoms with Crippen LogP contribution in [0.25, 0.3) is 5.52 Å². The Balaban J connectivity index is 2.69. The SMILES string of the molecule is CCOC(=O)CC(=O)c1c(SCC)c(C(=O)OC(C)(C)C)c2cc(C)ccn12. The fraction of sp³-hybridized carbons (Fsp3) is 0.476. The second-order valence-corrected chi connectivity index (χ2v) is 8.63. The van der Waals surface area contributed by atoms with Crippen molar-refractivity contribution in [2.45, 2.75) is 58.5 Å². The minimum atomic E-state index is -0.668. The first-order chi connectivity index (χ1) is 13.1. The lowest BCUT2D eigenvalue weighted by molar-refractivity contribution is -0.141. The Morgan fingerprint density at radius 2 is 1.86 bits per heavy atom. The molecule has 28 heavy (non-hydrogen) atoms. The summed E-state index contributed by atoms with van der Waals surface area (Å²) in [5.74, 6) is -0.795. The van der Waals surface area contributed by atoms with Crippen molar-refractivity contribution in [3.05, 3.63) is 35.2 Å². The molecule has 7 heteroatoms. The fourth-order valence-electron chi connectivity index (χ4n) is 2.84. The van der Waals surface area contributed by atoms with Crippen molar-refractivity contribution in [3.63, 3.8) is 0 Å². The molecule has 0 spiro atoms. The molecule has 0 aliphatic rings. The number of aryl methyl sites for hydroxylation is 1. The Morgan fingerprint density at radius 3 is 2.43 bits per heavy atom. The molecule has 0 amide bonds. The standard InChI is InChI=1S/C21H27NO5S/c1-7-26-16(24)12-15(23)18-19(28-8-2)17(20(25)27-21(4,5)6)14-11-13(3)9-10-22(14)18/h9-11H,7-8,12H2,1-6H3. The van der Waals surface area contributed by atoms with Gasteiger partial charge in [-0.25, -0.2) is 4.79 Å². The molecule has 152 valence electrons. The molecule has 0 atom stereocenters. The van der Waals surface area contributed by atoms with E-state index in [0.717, 1.165) is 5.56 Å². The summed E-state index contributed by atoms with van der Waals surface area (Å²) in [6, 6.07) is 3.70. The summed E-state index contributed by atoms with van der Waals surface area (Å²) in [6.45, 7) is 11.2. The number of hydrogen-bond donors (Lipinski definition) is 0. The highest BCUT2D eigenvalue weighted by atomic mass is 32.2.